The number of aryl methyl sites for hydroxylation is 1. The van der Waals surface area contributed by atoms with E-state index in [0.717, 1.165) is 30.8 Å². The number of halogens is 3. The third-order valence-electron chi connectivity index (χ3n) is 6.54. The minimum atomic E-state index is -4.40. The molecule has 1 amide bonds. The molecular weight excluding hydrogens is 421 g/mol. The topological polar surface area (TPSA) is 75.9 Å². The number of piperidine rings is 1. The molecule has 2 fully saturated rings. The smallest absolute Gasteiger partial charge is 0.344 e. The summed E-state index contributed by atoms with van der Waals surface area (Å²) in [6.45, 7) is 3.35. The van der Waals surface area contributed by atoms with E-state index in [0.29, 0.717) is 29.2 Å². The maximum Gasteiger partial charge on any atom is 0.416 e. The first-order chi connectivity index (χ1) is 15.2. The number of hydrogen-bond acceptors (Lipinski definition) is 5. The molecule has 32 heavy (non-hydrogen) atoms. The molecule has 0 saturated carbocycles. The number of amides is 1. The van der Waals surface area contributed by atoms with Crippen molar-refractivity contribution in [2.45, 2.75) is 38.0 Å². The summed E-state index contributed by atoms with van der Waals surface area (Å²) >= 11 is 0. The first kappa shape index (κ1) is 20.9. The molecule has 168 valence electrons. The van der Waals surface area contributed by atoms with Crippen molar-refractivity contribution in [2.75, 3.05) is 20.1 Å². The summed E-state index contributed by atoms with van der Waals surface area (Å²) in [7, 11) is 1.79. The number of likely N-dealkylation sites (N-methyl/N-ethyl adjacent to an activating group) is 1. The average Bonchev–Trinajstić information content (AvgIpc) is 3.35. The SMILES string of the molecule is Cc1nc2ncc(C3CN(C)C(=O)C4NCCC43)nc2n1Cc1cccc(C(F)(F)F)c1. The fourth-order valence-corrected chi connectivity index (χ4v) is 4.91. The number of likely N-dealkylation sites (tertiary alicyclic amines) is 1. The van der Waals surface area contributed by atoms with Gasteiger partial charge >= 0.3 is 6.18 Å². The summed E-state index contributed by atoms with van der Waals surface area (Å²) in [5, 5.41) is 3.29. The van der Waals surface area contributed by atoms with Crippen LogP contribution in [0.3, 0.4) is 0 Å². The van der Waals surface area contributed by atoms with Crippen molar-refractivity contribution in [3.05, 3.63) is 53.1 Å². The molecule has 3 aromatic rings. The van der Waals surface area contributed by atoms with E-state index in [2.05, 4.69) is 15.3 Å². The normalized spacial score (nSPS) is 23.7. The standard InChI is InChI=1S/C22H23F3N6O/c1-12-28-19-20(31(12)10-13-4-3-5-14(8-13)22(23,24)25)29-17(9-27-19)16-11-30(2)21(32)18-15(16)6-7-26-18/h3-5,8-9,15-16,18,26H,6-7,10-11H2,1-2H3. The van der Waals surface area contributed by atoms with E-state index in [1.54, 1.807) is 35.7 Å². The molecular formula is C22H23F3N6O. The fraction of sp³-hybridized carbons (Fsp3) is 0.455. The number of imidazole rings is 1. The fourth-order valence-electron chi connectivity index (χ4n) is 4.91. The van der Waals surface area contributed by atoms with Gasteiger partial charge in [0.05, 0.1) is 30.0 Å². The van der Waals surface area contributed by atoms with Crippen LogP contribution in [0.4, 0.5) is 13.2 Å². The van der Waals surface area contributed by atoms with Crippen molar-refractivity contribution in [2.24, 2.45) is 5.92 Å². The van der Waals surface area contributed by atoms with Gasteiger partial charge in [-0.1, -0.05) is 12.1 Å². The number of hydrogen-bond donors (Lipinski definition) is 1. The van der Waals surface area contributed by atoms with Gasteiger partial charge in [0, 0.05) is 19.5 Å². The van der Waals surface area contributed by atoms with Crippen LogP contribution in [0.25, 0.3) is 11.3 Å². The average molecular weight is 444 g/mol. The third kappa shape index (κ3) is 3.52. The van der Waals surface area contributed by atoms with Crippen LogP contribution < -0.4 is 5.32 Å². The lowest BCUT2D eigenvalue weighted by atomic mass is 9.80. The predicted octanol–water partition coefficient (Wildman–Crippen LogP) is 2.74. The van der Waals surface area contributed by atoms with Gasteiger partial charge in [0.25, 0.3) is 0 Å². The molecule has 1 aromatic carbocycles. The number of rotatable bonds is 3. The summed E-state index contributed by atoms with van der Waals surface area (Å²) < 4.78 is 41.2. The number of alkyl halides is 3. The molecule has 10 heteroatoms. The van der Waals surface area contributed by atoms with Crippen LogP contribution in [0.2, 0.25) is 0 Å². The number of nitrogens with zero attached hydrogens (tertiary/aromatic N) is 5. The third-order valence-corrected chi connectivity index (χ3v) is 6.54. The molecule has 0 radical (unpaired) electrons. The second-order valence-electron chi connectivity index (χ2n) is 8.59. The lowest BCUT2D eigenvalue weighted by molar-refractivity contribution is -0.138. The van der Waals surface area contributed by atoms with Gasteiger partial charge in [0.15, 0.2) is 11.3 Å². The zero-order valence-corrected chi connectivity index (χ0v) is 17.7. The van der Waals surface area contributed by atoms with Crippen LogP contribution >= 0.6 is 0 Å². The van der Waals surface area contributed by atoms with Crippen molar-refractivity contribution in [1.29, 1.82) is 0 Å². The molecule has 5 rings (SSSR count). The number of fused-ring (bicyclic) bond motifs is 2. The predicted molar refractivity (Wildman–Crippen MR) is 111 cm³/mol. The Morgan fingerprint density at radius 3 is 2.84 bits per heavy atom. The number of nitrogens with one attached hydrogen (secondary N) is 1. The van der Waals surface area contributed by atoms with E-state index in [1.165, 1.54) is 6.07 Å². The van der Waals surface area contributed by atoms with Crippen LogP contribution in [0.5, 0.6) is 0 Å². The maximum absolute atomic E-state index is 13.1. The highest BCUT2D eigenvalue weighted by Crippen LogP contribution is 2.37. The molecule has 2 saturated heterocycles. The molecule has 3 unspecified atom stereocenters. The Morgan fingerprint density at radius 1 is 1.25 bits per heavy atom. The monoisotopic (exact) mass is 444 g/mol. The van der Waals surface area contributed by atoms with E-state index in [-0.39, 0.29) is 30.3 Å². The molecule has 2 aromatic heterocycles. The van der Waals surface area contributed by atoms with Gasteiger partial charge in [0.1, 0.15) is 5.82 Å². The summed E-state index contributed by atoms with van der Waals surface area (Å²) in [4.78, 5) is 28.0. The Kier molecular flexibility index (Phi) is 4.92. The van der Waals surface area contributed by atoms with Crippen molar-refractivity contribution in [3.63, 3.8) is 0 Å². The lowest BCUT2D eigenvalue weighted by Gasteiger charge is -2.37. The highest BCUT2D eigenvalue weighted by molar-refractivity contribution is 5.83. The van der Waals surface area contributed by atoms with Gasteiger partial charge < -0.3 is 14.8 Å². The van der Waals surface area contributed by atoms with Gasteiger partial charge in [-0.3, -0.25) is 4.79 Å². The molecule has 4 heterocycles. The number of carbonyl (C=O) groups is 1. The minimum absolute atomic E-state index is 0.0341. The first-order valence-electron chi connectivity index (χ1n) is 10.6. The Bertz CT molecular complexity index is 1190. The quantitative estimate of drug-likeness (QED) is 0.673. The lowest BCUT2D eigenvalue weighted by Crippen LogP contribution is -2.53. The number of carbonyl (C=O) groups excluding carboxylic acids is 1. The van der Waals surface area contributed by atoms with Crippen LogP contribution in [-0.4, -0.2) is 56.5 Å². The molecule has 3 atom stereocenters. The van der Waals surface area contributed by atoms with Gasteiger partial charge in [-0.15, -0.1) is 0 Å². The Labute approximate surface area is 182 Å². The van der Waals surface area contributed by atoms with Gasteiger partial charge in [0.2, 0.25) is 5.91 Å². The summed E-state index contributed by atoms with van der Waals surface area (Å²) in [5.74, 6) is 0.910. The molecule has 2 aliphatic heterocycles. The maximum atomic E-state index is 13.1. The van der Waals surface area contributed by atoms with Crippen molar-refractivity contribution in [3.8, 4) is 0 Å². The van der Waals surface area contributed by atoms with E-state index in [4.69, 9.17) is 4.98 Å². The summed E-state index contributed by atoms with van der Waals surface area (Å²) in [6.07, 6.45) is -1.80. The Hall–Kier alpha value is -3.01. The molecule has 0 bridgehead atoms. The van der Waals surface area contributed by atoms with Crippen molar-refractivity contribution >= 4 is 17.2 Å². The van der Waals surface area contributed by atoms with Crippen LogP contribution in [0.1, 0.15) is 35.0 Å². The van der Waals surface area contributed by atoms with Gasteiger partial charge in [-0.25, -0.2) is 15.0 Å². The van der Waals surface area contributed by atoms with Crippen LogP contribution in [-0.2, 0) is 17.5 Å². The molecule has 1 N–H and O–H groups in total. The van der Waals surface area contributed by atoms with E-state index in [1.807, 2.05) is 0 Å². The molecule has 7 nitrogen and oxygen atoms in total. The largest absolute Gasteiger partial charge is 0.416 e. The van der Waals surface area contributed by atoms with E-state index in [9.17, 15) is 18.0 Å². The van der Waals surface area contributed by atoms with E-state index >= 15 is 0 Å². The summed E-state index contributed by atoms with van der Waals surface area (Å²) in [5.41, 5.74) is 1.61. The highest BCUT2D eigenvalue weighted by Gasteiger charge is 2.45. The molecule has 0 aliphatic carbocycles. The zero-order chi connectivity index (χ0) is 22.6. The second kappa shape index (κ2) is 7.54. The van der Waals surface area contributed by atoms with E-state index < -0.39 is 11.7 Å². The van der Waals surface area contributed by atoms with Crippen molar-refractivity contribution < 1.29 is 18.0 Å². The van der Waals surface area contributed by atoms with Crippen LogP contribution in [0.15, 0.2) is 30.5 Å². The minimum Gasteiger partial charge on any atom is -0.344 e. The van der Waals surface area contributed by atoms with Crippen molar-refractivity contribution in [1.82, 2.24) is 29.7 Å². The highest BCUT2D eigenvalue weighted by atomic mass is 19.4. The Balaban J connectivity index is 1.51. The summed E-state index contributed by atoms with van der Waals surface area (Å²) in [6, 6.07) is 5.07. The van der Waals surface area contributed by atoms with Gasteiger partial charge in [-0.05, 0) is 43.5 Å². The first-order valence-corrected chi connectivity index (χ1v) is 10.6. The molecule has 2 aliphatic rings. The second-order valence-corrected chi connectivity index (χ2v) is 8.59. The van der Waals surface area contributed by atoms with Crippen LogP contribution in [0, 0.1) is 12.8 Å². The number of aromatic nitrogens is 4. The Morgan fingerprint density at radius 2 is 2.06 bits per heavy atom. The molecule has 0 spiro atoms. The zero-order valence-electron chi connectivity index (χ0n) is 17.7. The number of benzene rings is 1. The van der Waals surface area contributed by atoms with Gasteiger partial charge in [-0.2, -0.15) is 13.2 Å².